The second-order valence-corrected chi connectivity index (χ2v) is 7.74. The average Bonchev–Trinajstić information content (AvgIpc) is 3.32. The van der Waals surface area contributed by atoms with Crippen LogP contribution in [0.4, 0.5) is 5.69 Å². The van der Waals surface area contributed by atoms with E-state index in [4.69, 9.17) is 0 Å². The number of carbonyl (C=O) groups excluding carboxylic acids is 3. The number of para-hydroxylation sites is 1. The van der Waals surface area contributed by atoms with Gasteiger partial charge < -0.3 is 15.1 Å². The molecule has 3 amide bonds. The van der Waals surface area contributed by atoms with E-state index >= 15 is 0 Å². The molecule has 0 atom stereocenters. The summed E-state index contributed by atoms with van der Waals surface area (Å²) in [6.45, 7) is 0.379. The number of carbonyl (C=O) groups is 3. The fourth-order valence-corrected chi connectivity index (χ4v) is 3.78. The van der Waals surface area contributed by atoms with Gasteiger partial charge in [-0.2, -0.15) is 0 Å². The monoisotopic (exact) mass is 421 g/mol. The standard InChI is InChI=1S/C23H23N3O3S/c1-24-21(27)17-12-10-16(11-13-17)15-25(2)22(28)18-7-4-5-8-19(18)26(3)23(29)20-9-6-14-30-20/h4-14H,15H2,1-3H3,(H,24,27). The summed E-state index contributed by atoms with van der Waals surface area (Å²) in [5.41, 5.74) is 2.48. The molecule has 0 aliphatic rings. The average molecular weight is 422 g/mol. The van der Waals surface area contributed by atoms with Crippen LogP contribution in [0.15, 0.2) is 66.0 Å². The van der Waals surface area contributed by atoms with E-state index in [0.29, 0.717) is 28.2 Å². The number of nitrogens with one attached hydrogen (secondary N) is 1. The first-order chi connectivity index (χ1) is 14.4. The molecule has 0 saturated heterocycles. The van der Waals surface area contributed by atoms with Crippen molar-refractivity contribution in [2.45, 2.75) is 6.54 Å². The lowest BCUT2D eigenvalue weighted by molar-refractivity contribution is 0.0785. The lowest BCUT2D eigenvalue weighted by Gasteiger charge is -2.23. The van der Waals surface area contributed by atoms with Crippen LogP contribution in [0.2, 0.25) is 0 Å². The molecule has 0 spiro atoms. The first-order valence-corrected chi connectivity index (χ1v) is 10.3. The number of amides is 3. The van der Waals surface area contributed by atoms with Crippen molar-refractivity contribution in [3.63, 3.8) is 0 Å². The van der Waals surface area contributed by atoms with E-state index in [1.165, 1.54) is 16.2 Å². The van der Waals surface area contributed by atoms with E-state index in [1.54, 1.807) is 62.4 Å². The molecule has 0 unspecified atom stereocenters. The van der Waals surface area contributed by atoms with Crippen LogP contribution in [0.25, 0.3) is 0 Å². The molecule has 3 aromatic rings. The summed E-state index contributed by atoms with van der Waals surface area (Å²) in [6.07, 6.45) is 0. The number of anilines is 1. The molecule has 3 rings (SSSR count). The van der Waals surface area contributed by atoms with E-state index in [9.17, 15) is 14.4 Å². The number of nitrogens with zero attached hydrogens (tertiary/aromatic N) is 2. The van der Waals surface area contributed by atoms with Gasteiger partial charge in [0, 0.05) is 33.3 Å². The predicted molar refractivity (Wildman–Crippen MR) is 119 cm³/mol. The van der Waals surface area contributed by atoms with Crippen molar-refractivity contribution < 1.29 is 14.4 Å². The largest absolute Gasteiger partial charge is 0.355 e. The summed E-state index contributed by atoms with van der Waals surface area (Å²) in [6, 6.07) is 17.8. The van der Waals surface area contributed by atoms with Crippen molar-refractivity contribution in [1.82, 2.24) is 10.2 Å². The second-order valence-electron chi connectivity index (χ2n) is 6.80. The Hall–Kier alpha value is -3.45. The minimum atomic E-state index is -0.188. The van der Waals surface area contributed by atoms with Crippen LogP contribution in [0.5, 0.6) is 0 Å². The molecule has 30 heavy (non-hydrogen) atoms. The summed E-state index contributed by atoms with van der Waals surface area (Å²) in [7, 11) is 4.97. The lowest BCUT2D eigenvalue weighted by atomic mass is 10.1. The highest BCUT2D eigenvalue weighted by Crippen LogP contribution is 2.24. The lowest BCUT2D eigenvalue weighted by Crippen LogP contribution is -2.31. The summed E-state index contributed by atoms with van der Waals surface area (Å²) in [5.74, 6) is -0.497. The van der Waals surface area contributed by atoms with Crippen LogP contribution in [-0.2, 0) is 6.54 Å². The summed E-state index contributed by atoms with van der Waals surface area (Å²) in [5, 5.41) is 4.43. The minimum Gasteiger partial charge on any atom is -0.355 e. The number of rotatable bonds is 6. The maximum Gasteiger partial charge on any atom is 0.268 e. The molecule has 0 bridgehead atoms. The van der Waals surface area contributed by atoms with Crippen LogP contribution >= 0.6 is 11.3 Å². The molecule has 6 nitrogen and oxygen atoms in total. The van der Waals surface area contributed by atoms with Crippen LogP contribution in [0.1, 0.15) is 36.0 Å². The Morgan fingerprint density at radius 3 is 2.23 bits per heavy atom. The Balaban J connectivity index is 1.78. The van der Waals surface area contributed by atoms with Crippen molar-refractivity contribution in [2.24, 2.45) is 0 Å². The van der Waals surface area contributed by atoms with Gasteiger partial charge in [0.05, 0.1) is 16.1 Å². The smallest absolute Gasteiger partial charge is 0.268 e. The Bertz CT molecular complexity index is 1050. The van der Waals surface area contributed by atoms with E-state index in [2.05, 4.69) is 5.32 Å². The van der Waals surface area contributed by atoms with Crippen LogP contribution in [0.3, 0.4) is 0 Å². The summed E-state index contributed by atoms with van der Waals surface area (Å²) >= 11 is 1.37. The van der Waals surface area contributed by atoms with Gasteiger partial charge in [0.2, 0.25) is 0 Å². The van der Waals surface area contributed by atoms with E-state index in [-0.39, 0.29) is 17.7 Å². The zero-order valence-electron chi connectivity index (χ0n) is 17.1. The topological polar surface area (TPSA) is 69.7 Å². The highest BCUT2D eigenvalue weighted by Gasteiger charge is 2.22. The van der Waals surface area contributed by atoms with Gasteiger partial charge in [-0.3, -0.25) is 14.4 Å². The molecule has 1 aromatic heterocycles. The van der Waals surface area contributed by atoms with Crippen LogP contribution in [-0.4, -0.2) is 43.8 Å². The summed E-state index contributed by atoms with van der Waals surface area (Å²) < 4.78 is 0. The number of hydrogen-bond donors (Lipinski definition) is 1. The molecule has 1 N–H and O–H groups in total. The van der Waals surface area contributed by atoms with Gasteiger partial charge in [0.1, 0.15) is 0 Å². The third-order valence-corrected chi connectivity index (χ3v) is 5.60. The molecule has 154 valence electrons. The van der Waals surface area contributed by atoms with Gasteiger partial charge in [0.15, 0.2) is 0 Å². The quantitative estimate of drug-likeness (QED) is 0.660. The first kappa shape index (κ1) is 21.3. The molecule has 0 aliphatic heterocycles. The highest BCUT2D eigenvalue weighted by molar-refractivity contribution is 7.12. The Kier molecular flexibility index (Phi) is 6.64. The van der Waals surface area contributed by atoms with E-state index in [0.717, 1.165) is 5.56 Å². The minimum absolute atomic E-state index is 0.154. The van der Waals surface area contributed by atoms with Gasteiger partial charge in [-0.15, -0.1) is 11.3 Å². The molecular formula is C23H23N3O3S. The van der Waals surface area contributed by atoms with Crippen molar-refractivity contribution in [1.29, 1.82) is 0 Å². The van der Waals surface area contributed by atoms with Crippen molar-refractivity contribution >= 4 is 34.7 Å². The molecule has 0 saturated carbocycles. The molecule has 0 aliphatic carbocycles. The van der Waals surface area contributed by atoms with Crippen LogP contribution < -0.4 is 10.2 Å². The molecule has 0 radical (unpaired) electrons. The van der Waals surface area contributed by atoms with Crippen molar-refractivity contribution in [2.75, 3.05) is 26.0 Å². The molecular weight excluding hydrogens is 398 g/mol. The number of benzene rings is 2. The Morgan fingerprint density at radius 1 is 0.900 bits per heavy atom. The second kappa shape index (κ2) is 9.37. The Morgan fingerprint density at radius 2 is 1.60 bits per heavy atom. The zero-order valence-corrected chi connectivity index (χ0v) is 17.9. The predicted octanol–water partition coefficient (Wildman–Crippen LogP) is 3.66. The van der Waals surface area contributed by atoms with Crippen LogP contribution in [0, 0.1) is 0 Å². The maximum absolute atomic E-state index is 13.1. The third kappa shape index (κ3) is 4.58. The number of hydrogen-bond acceptors (Lipinski definition) is 4. The third-order valence-electron chi connectivity index (χ3n) is 4.74. The normalized spacial score (nSPS) is 10.4. The van der Waals surface area contributed by atoms with Gasteiger partial charge in [-0.25, -0.2) is 0 Å². The molecule has 2 aromatic carbocycles. The fourth-order valence-electron chi connectivity index (χ4n) is 3.08. The maximum atomic E-state index is 13.1. The molecule has 0 fully saturated rings. The van der Waals surface area contributed by atoms with E-state index in [1.807, 2.05) is 29.6 Å². The summed E-state index contributed by atoms with van der Waals surface area (Å²) in [4.78, 5) is 41.3. The van der Waals surface area contributed by atoms with Crippen molar-refractivity contribution in [3.05, 3.63) is 87.6 Å². The Labute approximate surface area is 179 Å². The van der Waals surface area contributed by atoms with E-state index < -0.39 is 0 Å². The van der Waals surface area contributed by atoms with Gasteiger partial charge >= 0.3 is 0 Å². The number of thiophene rings is 1. The van der Waals surface area contributed by atoms with Crippen molar-refractivity contribution in [3.8, 4) is 0 Å². The van der Waals surface area contributed by atoms with Gasteiger partial charge in [-0.05, 0) is 41.3 Å². The highest BCUT2D eigenvalue weighted by atomic mass is 32.1. The zero-order chi connectivity index (χ0) is 21.7. The van der Waals surface area contributed by atoms with Gasteiger partial charge in [-0.1, -0.05) is 30.3 Å². The molecule has 1 heterocycles. The first-order valence-electron chi connectivity index (χ1n) is 9.39. The SMILES string of the molecule is CNC(=O)c1ccc(CN(C)C(=O)c2ccccc2N(C)C(=O)c2cccs2)cc1. The van der Waals surface area contributed by atoms with Gasteiger partial charge in [0.25, 0.3) is 17.7 Å². The fraction of sp³-hybridized carbons (Fsp3) is 0.174. The molecule has 7 heteroatoms.